The second-order valence-corrected chi connectivity index (χ2v) is 5.06. The minimum Gasteiger partial charge on any atom is -0.489 e. The van der Waals surface area contributed by atoms with E-state index in [9.17, 15) is 4.79 Å². The van der Waals surface area contributed by atoms with Gasteiger partial charge in [-0.2, -0.15) is 0 Å². The fourth-order valence-corrected chi connectivity index (χ4v) is 2.06. The number of carbonyl (C=O) groups is 1. The third-order valence-electron chi connectivity index (χ3n) is 3.04. The normalized spacial score (nSPS) is 10.3. The SMILES string of the molecule is COCCNC(=O)c1cccc(OCc2ccccc2Cl)c1. The summed E-state index contributed by atoms with van der Waals surface area (Å²) in [5.41, 5.74) is 1.45. The van der Waals surface area contributed by atoms with Gasteiger partial charge in [0, 0.05) is 29.8 Å². The molecule has 0 heterocycles. The van der Waals surface area contributed by atoms with Crippen molar-refractivity contribution in [1.29, 1.82) is 0 Å². The van der Waals surface area contributed by atoms with Gasteiger partial charge in [-0.15, -0.1) is 0 Å². The van der Waals surface area contributed by atoms with Crippen LogP contribution in [0.5, 0.6) is 5.75 Å². The maximum absolute atomic E-state index is 12.0. The van der Waals surface area contributed by atoms with Gasteiger partial charge in [0.05, 0.1) is 6.61 Å². The summed E-state index contributed by atoms with van der Waals surface area (Å²) in [4.78, 5) is 12.0. The number of hydrogen-bond acceptors (Lipinski definition) is 3. The maximum atomic E-state index is 12.0. The van der Waals surface area contributed by atoms with Crippen molar-refractivity contribution < 1.29 is 14.3 Å². The highest BCUT2D eigenvalue weighted by Gasteiger charge is 2.07. The lowest BCUT2D eigenvalue weighted by Crippen LogP contribution is -2.26. The van der Waals surface area contributed by atoms with E-state index < -0.39 is 0 Å². The molecule has 1 N–H and O–H groups in total. The first-order valence-corrected chi connectivity index (χ1v) is 7.32. The molecule has 0 saturated heterocycles. The summed E-state index contributed by atoms with van der Waals surface area (Å²) in [6, 6.07) is 14.5. The Bertz CT molecular complexity index is 631. The third-order valence-corrected chi connectivity index (χ3v) is 3.41. The minimum absolute atomic E-state index is 0.153. The highest BCUT2D eigenvalue weighted by atomic mass is 35.5. The van der Waals surface area contributed by atoms with E-state index in [-0.39, 0.29) is 5.91 Å². The monoisotopic (exact) mass is 319 g/mol. The Balaban J connectivity index is 1.96. The van der Waals surface area contributed by atoms with E-state index in [4.69, 9.17) is 21.1 Å². The van der Waals surface area contributed by atoms with Crippen LogP contribution in [-0.2, 0) is 11.3 Å². The van der Waals surface area contributed by atoms with Crippen LogP contribution in [0.1, 0.15) is 15.9 Å². The number of carbonyl (C=O) groups excluding carboxylic acids is 1. The predicted molar refractivity (Wildman–Crippen MR) is 86.4 cm³/mol. The van der Waals surface area contributed by atoms with Gasteiger partial charge in [-0.05, 0) is 24.3 Å². The molecule has 0 aromatic heterocycles. The zero-order chi connectivity index (χ0) is 15.8. The summed E-state index contributed by atoms with van der Waals surface area (Å²) in [5, 5.41) is 3.43. The molecule has 0 aliphatic heterocycles. The van der Waals surface area contributed by atoms with Crippen LogP contribution in [0.25, 0.3) is 0 Å². The van der Waals surface area contributed by atoms with E-state index in [1.807, 2.05) is 30.3 Å². The molecule has 22 heavy (non-hydrogen) atoms. The number of methoxy groups -OCH3 is 1. The molecule has 0 aliphatic rings. The van der Waals surface area contributed by atoms with Crippen molar-refractivity contribution in [3.05, 3.63) is 64.7 Å². The topological polar surface area (TPSA) is 47.6 Å². The first kappa shape index (κ1) is 16.3. The molecule has 2 aromatic carbocycles. The fraction of sp³-hybridized carbons (Fsp3) is 0.235. The van der Waals surface area contributed by atoms with Gasteiger partial charge in [-0.3, -0.25) is 4.79 Å². The molecule has 2 rings (SSSR count). The Hall–Kier alpha value is -2.04. The highest BCUT2D eigenvalue weighted by Crippen LogP contribution is 2.19. The van der Waals surface area contributed by atoms with Crippen molar-refractivity contribution in [2.45, 2.75) is 6.61 Å². The molecular formula is C17H18ClNO3. The molecule has 1 amide bonds. The Labute approximate surface area is 135 Å². The van der Waals surface area contributed by atoms with Gasteiger partial charge in [0.1, 0.15) is 12.4 Å². The van der Waals surface area contributed by atoms with Crippen molar-refractivity contribution in [3.63, 3.8) is 0 Å². The van der Waals surface area contributed by atoms with Gasteiger partial charge in [-0.25, -0.2) is 0 Å². The number of hydrogen-bond donors (Lipinski definition) is 1. The molecular weight excluding hydrogens is 302 g/mol. The zero-order valence-electron chi connectivity index (χ0n) is 12.3. The molecule has 116 valence electrons. The molecule has 0 fully saturated rings. The summed E-state index contributed by atoms with van der Waals surface area (Å²) in [6.07, 6.45) is 0. The quantitative estimate of drug-likeness (QED) is 0.797. The van der Waals surface area contributed by atoms with E-state index in [1.165, 1.54) is 0 Å². The Kier molecular flexibility index (Phi) is 6.25. The van der Waals surface area contributed by atoms with E-state index in [1.54, 1.807) is 25.3 Å². The van der Waals surface area contributed by atoms with Crippen LogP contribution in [0.3, 0.4) is 0 Å². The van der Waals surface area contributed by atoms with Crippen LogP contribution in [-0.4, -0.2) is 26.2 Å². The highest BCUT2D eigenvalue weighted by molar-refractivity contribution is 6.31. The molecule has 5 heteroatoms. The summed E-state index contributed by atoms with van der Waals surface area (Å²) >= 11 is 6.09. The summed E-state index contributed by atoms with van der Waals surface area (Å²) in [5.74, 6) is 0.472. The molecule has 0 unspecified atom stereocenters. The Morgan fingerprint density at radius 1 is 1.18 bits per heavy atom. The van der Waals surface area contributed by atoms with Crippen LogP contribution in [0.15, 0.2) is 48.5 Å². The molecule has 0 spiro atoms. The zero-order valence-corrected chi connectivity index (χ0v) is 13.1. The average molecular weight is 320 g/mol. The summed E-state index contributed by atoms with van der Waals surface area (Å²) in [7, 11) is 1.59. The average Bonchev–Trinajstić information content (AvgIpc) is 2.54. The van der Waals surface area contributed by atoms with Gasteiger partial charge in [0.25, 0.3) is 5.91 Å². The maximum Gasteiger partial charge on any atom is 0.251 e. The smallest absolute Gasteiger partial charge is 0.251 e. The number of benzene rings is 2. The van der Waals surface area contributed by atoms with Gasteiger partial charge in [0.2, 0.25) is 0 Å². The van der Waals surface area contributed by atoms with Crippen molar-refractivity contribution in [2.24, 2.45) is 0 Å². The molecule has 0 radical (unpaired) electrons. The predicted octanol–water partition coefficient (Wildman–Crippen LogP) is 3.30. The lowest BCUT2D eigenvalue weighted by Gasteiger charge is -2.09. The minimum atomic E-state index is -0.153. The molecule has 0 atom stereocenters. The van der Waals surface area contributed by atoms with Crippen molar-refractivity contribution in [2.75, 3.05) is 20.3 Å². The number of rotatable bonds is 7. The second-order valence-electron chi connectivity index (χ2n) is 4.66. The van der Waals surface area contributed by atoms with E-state index in [2.05, 4.69) is 5.32 Å². The van der Waals surface area contributed by atoms with Crippen molar-refractivity contribution in [3.8, 4) is 5.75 Å². The number of halogens is 1. The van der Waals surface area contributed by atoms with E-state index in [0.29, 0.717) is 36.1 Å². The third kappa shape index (κ3) is 4.76. The Morgan fingerprint density at radius 3 is 2.77 bits per heavy atom. The molecule has 2 aromatic rings. The Morgan fingerprint density at radius 2 is 2.00 bits per heavy atom. The van der Waals surface area contributed by atoms with Crippen LogP contribution in [0.4, 0.5) is 0 Å². The van der Waals surface area contributed by atoms with E-state index in [0.717, 1.165) is 5.56 Å². The largest absolute Gasteiger partial charge is 0.489 e. The first-order chi connectivity index (χ1) is 10.7. The van der Waals surface area contributed by atoms with Crippen molar-refractivity contribution in [1.82, 2.24) is 5.32 Å². The van der Waals surface area contributed by atoms with Crippen LogP contribution in [0, 0.1) is 0 Å². The molecule has 0 saturated carbocycles. The van der Waals surface area contributed by atoms with Crippen LogP contribution < -0.4 is 10.1 Å². The lowest BCUT2D eigenvalue weighted by molar-refractivity contribution is 0.0936. The number of ether oxygens (including phenoxy) is 2. The summed E-state index contributed by atoms with van der Waals surface area (Å²) < 4.78 is 10.6. The van der Waals surface area contributed by atoms with Crippen LogP contribution >= 0.6 is 11.6 Å². The first-order valence-electron chi connectivity index (χ1n) is 6.94. The van der Waals surface area contributed by atoms with Gasteiger partial charge >= 0.3 is 0 Å². The van der Waals surface area contributed by atoms with Crippen molar-refractivity contribution >= 4 is 17.5 Å². The standard InChI is InChI=1S/C17H18ClNO3/c1-21-10-9-19-17(20)13-6-4-7-15(11-13)22-12-14-5-2-3-8-16(14)18/h2-8,11H,9-10,12H2,1H3,(H,19,20). The van der Waals surface area contributed by atoms with Gasteiger partial charge in [-0.1, -0.05) is 35.9 Å². The molecule has 0 bridgehead atoms. The lowest BCUT2D eigenvalue weighted by atomic mass is 10.2. The molecule has 4 nitrogen and oxygen atoms in total. The van der Waals surface area contributed by atoms with Gasteiger partial charge < -0.3 is 14.8 Å². The summed E-state index contributed by atoms with van der Waals surface area (Å²) in [6.45, 7) is 1.31. The molecule has 0 aliphatic carbocycles. The van der Waals surface area contributed by atoms with E-state index >= 15 is 0 Å². The van der Waals surface area contributed by atoms with Crippen LogP contribution in [0.2, 0.25) is 5.02 Å². The second kappa shape index (κ2) is 8.41. The number of amides is 1. The number of nitrogens with one attached hydrogen (secondary N) is 1. The fourth-order valence-electron chi connectivity index (χ4n) is 1.87. The van der Waals surface area contributed by atoms with Gasteiger partial charge in [0.15, 0.2) is 0 Å².